The van der Waals surface area contributed by atoms with Crippen molar-refractivity contribution in [1.82, 2.24) is 19.8 Å². The Balaban J connectivity index is 1.78. The van der Waals surface area contributed by atoms with Crippen molar-refractivity contribution in [1.29, 1.82) is 0 Å². The molecule has 0 aliphatic carbocycles. The fraction of sp³-hybridized carbons (Fsp3) is 0.133. The van der Waals surface area contributed by atoms with E-state index in [9.17, 15) is 0 Å². The lowest BCUT2D eigenvalue weighted by Gasteiger charge is -2.11. The number of thiophene rings is 1. The Hall–Kier alpha value is -2.25. The Kier molecular flexibility index (Phi) is 3.16. The highest BCUT2D eigenvalue weighted by Gasteiger charge is 2.14. The van der Waals surface area contributed by atoms with Crippen LogP contribution in [0.5, 0.6) is 0 Å². The summed E-state index contributed by atoms with van der Waals surface area (Å²) in [6, 6.07) is 12.4. The van der Waals surface area contributed by atoms with Crippen LogP contribution in [0.3, 0.4) is 0 Å². The number of hydrogen-bond donors (Lipinski definition) is 0. The first kappa shape index (κ1) is 13.4. The van der Waals surface area contributed by atoms with Crippen molar-refractivity contribution in [2.24, 2.45) is 0 Å². The number of nitrogens with zero attached hydrogens (tertiary/aromatic N) is 5. The fourth-order valence-corrected chi connectivity index (χ4v) is 3.84. The van der Waals surface area contributed by atoms with Gasteiger partial charge in [-0.1, -0.05) is 17.4 Å². The molecule has 0 fully saturated rings. The van der Waals surface area contributed by atoms with Crippen molar-refractivity contribution in [3.63, 3.8) is 0 Å². The van der Waals surface area contributed by atoms with E-state index in [1.165, 1.54) is 0 Å². The van der Waals surface area contributed by atoms with E-state index in [0.29, 0.717) is 0 Å². The molecule has 0 radical (unpaired) electrons. The monoisotopic (exact) mass is 327 g/mol. The van der Waals surface area contributed by atoms with Crippen LogP contribution in [0.25, 0.3) is 26.2 Å². The van der Waals surface area contributed by atoms with E-state index in [0.717, 1.165) is 31.9 Å². The van der Waals surface area contributed by atoms with Gasteiger partial charge in [-0.15, -0.1) is 21.5 Å². The Morgan fingerprint density at radius 3 is 2.55 bits per heavy atom. The molecule has 0 saturated heterocycles. The number of anilines is 1. The molecule has 110 valence electrons. The number of aromatic nitrogens is 4. The highest BCUT2D eigenvalue weighted by Crippen LogP contribution is 2.31. The largest absolute Gasteiger partial charge is 0.378 e. The molecule has 4 rings (SSSR count). The molecule has 4 aromatic rings. The Labute approximate surface area is 135 Å². The predicted molar refractivity (Wildman–Crippen MR) is 91.7 cm³/mol. The zero-order chi connectivity index (χ0) is 15.1. The predicted octanol–water partition coefficient (Wildman–Crippen LogP) is 3.65. The van der Waals surface area contributed by atoms with Crippen LogP contribution in [-0.4, -0.2) is 33.9 Å². The van der Waals surface area contributed by atoms with Gasteiger partial charge in [-0.3, -0.25) is 0 Å². The van der Waals surface area contributed by atoms with Crippen molar-refractivity contribution in [2.45, 2.75) is 0 Å². The summed E-state index contributed by atoms with van der Waals surface area (Å²) < 4.78 is 1.82. The number of fused-ring (bicyclic) bond motifs is 1. The first-order chi connectivity index (χ1) is 10.7. The lowest BCUT2D eigenvalue weighted by molar-refractivity contribution is 0.972. The molecule has 0 aliphatic rings. The maximum atomic E-state index is 4.66. The molecule has 1 aromatic carbocycles. The smallest absolute Gasteiger partial charge is 0.235 e. The lowest BCUT2D eigenvalue weighted by Crippen LogP contribution is -2.08. The van der Waals surface area contributed by atoms with Crippen molar-refractivity contribution in [3.8, 4) is 21.3 Å². The molecule has 3 aromatic heterocycles. The van der Waals surface area contributed by atoms with E-state index >= 15 is 0 Å². The second-order valence-electron chi connectivity index (χ2n) is 5.04. The van der Waals surface area contributed by atoms with E-state index in [1.807, 2.05) is 24.7 Å². The first-order valence-corrected chi connectivity index (χ1v) is 8.46. The molecular weight excluding hydrogens is 314 g/mol. The quantitative estimate of drug-likeness (QED) is 0.576. The van der Waals surface area contributed by atoms with Gasteiger partial charge in [-0.05, 0) is 35.7 Å². The summed E-state index contributed by atoms with van der Waals surface area (Å²) in [7, 11) is 4.05. The van der Waals surface area contributed by atoms with Gasteiger partial charge < -0.3 is 4.90 Å². The molecule has 0 saturated carbocycles. The molecule has 0 bridgehead atoms. The van der Waals surface area contributed by atoms with Crippen LogP contribution in [0.15, 0.2) is 41.8 Å². The van der Waals surface area contributed by atoms with Crippen molar-refractivity contribution in [3.05, 3.63) is 41.8 Å². The van der Waals surface area contributed by atoms with Gasteiger partial charge in [0.2, 0.25) is 4.96 Å². The van der Waals surface area contributed by atoms with Gasteiger partial charge in [0, 0.05) is 25.3 Å². The highest BCUT2D eigenvalue weighted by molar-refractivity contribution is 7.23. The summed E-state index contributed by atoms with van der Waals surface area (Å²) in [6.45, 7) is 0. The molecule has 0 spiro atoms. The van der Waals surface area contributed by atoms with Crippen LogP contribution < -0.4 is 4.90 Å². The van der Waals surface area contributed by atoms with Crippen LogP contribution in [0, 0.1) is 0 Å². The van der Waals surface area contributed by atoms with E-state index in [-0.39, 0.29) is 0 Å². The van der Waals surface area contributed by atoms with Crippen LogP contribution in [0.1, 0.15) is 0 Å². The van der Waals surface area contributed by atoms with Crippen LogP contribution in [0.4, 0.5) is 5.69 Å². The molecule has 0 atom stereocenters. The summed E-state index contributed by atoms with van der Waals surface area (Å²) in [5, 5.41) is 16.2. The molecule has 0 aliphatic heterocycles. The third-order valence-corrected chi connectivity index (χ3v) is 5.30. The van der Waals surface area contributed by atoms with Crippen molar-refractivity contribution in [2.75, 3.05) is 19.0 Å². The zero-order valence-corrected chi connectivity index (χ0v) is 13.7. The molecule has 0 unspecified atom stereocenters. The standard InChI is InChI=1S/C15H13N5S2/c1-19(2)11-7-5-10(6-8-11)13-16-17-15-20(13)18-14(22-15)12-4-3-9-21-12/h3-9H,1-2H3. The Morgan fingerprint density at radius 2 is 1.86 bits per heavy atom. The third kappa shape index (κ3) is 2.18. The van der Waals surface area contributed by atoms with Crippen LogP contribution in [0.2, 0.25) is 0 Å². The number of hydrogen-bond acceptors (Lipinski definition) is 6. The maximum absolute atomic E-state index is 4.66. The molecule has 7 heteroatoms. The maximum Gasteiger partial charge on any atom is 0.235 e. The van der Waals surface area contributed by atoms with E-state index < -0.39 is 0 Å². The van der Waals surface area contributed by atoms with Gasteiger partial charge in [0.15, 0.2) is 10.8 Å². The molecule has 5 nitrogen and oxygen atoms in total. The second kappa shape index (κ2) is 5.19. The second-order valence-corrected chi connectivity index (χ2v) is 6.95. The fourth-order valence-electron chi connectivity index (χ4n) is 2.21. The lowest BCUT2D eigenvalue weighted by atomic mass is 10.2. The molecule has 3 heterocycles. The minimum absolute atomic E-state index is 0.777. The summed E-state index contributed by atoms with van der Waals surface area (Å²) in [5.41, 5.74) is 2.17. The summed E-state index contributed by atoms with van der Waals surface area (Å²) in [6.07, 6.45) is 0. The Bertz CT molecular complexity index is 903. The topological polar surface area (TPSA) is 46.3 Å². The van der Waals surface area contributed by atoms with Gasteiger partial charge in [-0.25, -0.2) is 0 Å². The van der Waals surface area contributed by atoms with Gasteiger partial charge in [0.1, 0.15) is 0 Å². The third-order valence-electron chi connectivity index (χ3n) is 3.36. The van der Waals surface area contributed by atoms with Crippen molar-refractivity contribution >= 4 is 33.3 Å². The van der Waals surface area contributed by atoms with E-state index in [2.05, 4.69) is 55.9 Å². The van der Waals surface area contributed by atoms with E-state index in [4.69, 9.17) is 0 Å². The molecular formula is C15H13N5S2. The molecule has 0 N–H and O–H groups in total. The zero-order valence-electron chi connectivity index (χ0n) is 12.1. The number of rotatable bonds is 3. The Morgan fingerprint density at radius 1 is 1.05 bits per heavy atom. The molecule has 22 heavy (non-hydrogen) atoms. The van der Waals surface area contributed by atoms with Gasteiger partial charge in [-0.2, -0.15) is 9.61 Å². The SMILES string of the molecule is CN(C)c1ccc(-c2nnc3sc(-c4cccs4)nn23)cc1. The average molecular weight is 327 g/mol. The van der Waals surface area contributed by atoms with Crippen molar-refractivity contribution < 1.29 is 0 Å². The van der Waals surface area contributed by atoms with Gasteiger partial charge in [0.05, 0.1) is 4.88 Å². The van der Waals surface area contributed by atoms with Gasteiger partial charge >= 0.3 is 0 Å². The minimum Gasteiger partial charge on any atom is -0.378 e. The van der Waals surface area contributed by atoms with Crippen LogP contribution in [-0.2, 0) is 0 Å². The minimum atomic E-state index is 0.777. The number of benzene rings is 1. The van der Waals surface area contributed by atoms with Crippen LogP contribution >= 0.6 is 22.7 Å². The summed E-state index contributed by atoms with van der Waals surface area (Å²) in [5.74, 6) is 0.777. The first-order valence-electron chi connectivity index (χ1n) is 6.76. The van der Waals surface area contributed by atoms with Gasteiger partial charge in [0.25, 0.3) is 0 Å². The normalized spacial score (nSPS) is 11.2. The van der Waals surface area contributed by atoms with E-state index in [1.54, 1.807) is 22.7 Å². The summed E-state index contributed by atoms with van der Waals surface area (Å²) in [4.78, 5) is 4.04. The highest BCUT2D eigenvalue weighted by atomic mass is 32.1. The summed E-state index contributed by atoms with van der Waals surface area (Å²) >= 11 is 3.24. The molecule has 0 amide bonds. The average Bonchev–Trinajstić information content (AvgIpc) is 3.23.